The summed E-state index contributed by atoms with van der Waals surface area (Å²) in [5, 5.41) is 30.5. The summed E-state index contributed by atoms with van der Waals surface area (Å²) in [5.41, 5.74) is 26.8. The molecule has 8 aromatic carbocycles. The average molecular weight is 1860 g/mol. The van der Waals surface area contributed by atoms with Crippen molar-refractivity contribution < 1.29 is 46.3 Å². The molecule has 19 rings (SSSR count). The molecule has 704 valence electrons. The summed E-state index contributed by atoms with van der Waals surface area (Å²) in [6, 6.07) is 54.3. The van der Waals surface area contributed by atoms with E-state index in [1.807, 2.05) is 147 Å². The number of hydrogen-bond donors (Lipinski definition) is 2. The van der Waals surface area contributed by atoms with Gasteiger partial charge in [-0.1, -0.05) is 25.6 Å². The van der Waals surface area contributed by atoms with E-state index in [4.69, 9.17) is 59.2 Å². The third-order valence-corrected chi connectivity index (χ3v) is 24.1. The first-order valence-electron chi connectivity index (χ1n) is 44.5. The van der Waals surface area contributed by atoms with Crippen LogP contribution < -0.4 is 53.8 Å². The van der Waals surface area contributed by atoms with Crippen molar-refractivity contribution in [1.29, 1.82) is 0 Å². The number of likely N-dealkylation sites (tertiary alicyclic amines) is 1. The third-order valence-electron chi connectivity index (χ3n) is 23.1. The van der Waals surface area contributed by atoms with Crippen LogP contribution in [-0.4, -0.2) is 227 Å². The molecule has 2 aliphatic rings. The normalized spacial score (nSPS) is 13.0. The number of aryl methyl sites for hydroxylation is 3. The minimum atomic E-state index is -3.08. The van der Waals surface area contributed by atoms with Crippen LogP contribution in [0.15, 0.2) is 251 Å². The van der Waals surface area contributed by atoms with Crippen molar-refractivity contribution in [2.24, 2.45) is 25.7 Å². The van der Waals surface area contributed by atoms with Gasteiger partial charge in [-0.25, -0.2) is 32.7 Å². The summed E-state index contributed by atoms with van der Waals surface area (Å²) in [4.78, 5) is 48.9. The molecule has 2 fully saturated rings. The highest BCUT2D eigenvalue weighted by molar-refractivity contribution is 7.90. The van der Waals surface area contributed by atoms with Gasteiger partial charge < -0.3 is 63.8 Å². The van der Waals surface area contributed by atoms with Crippen molar-refractivity contribution in [2.45, 2.75) is 65.3 Å². The summed E-state index contributed by atoms with van der Waals surface area (Å²) in [7, 11) is 10.5. The quantitative estimate of drug-likeness (QED) is 0.0372. The smallest absolute Gasteiger partial charge is 0.149 e. The van der Waals surface area contributed by atoms with Gasteiger partial charge in [0.15, 0.2) is 0 Å². The Balaban J connectivity index is 0.000000138. The molecule has 0 bridgehead atoms. The highest BCUT2D eigenvalue weighted by atomic mass is 32.2. The fourth-order valence-electron chi connectivity index (χ4n) is 15.9. The van der Waals surface area contributed by atoms with Crippen LogP contribution in [0.1, 0.15) is 39.5 Å². The first-order valence-corrected chi connectivity index (χ1v) is 46.6. The van der Waals surface area contributed by atoms with E-state index in [2.05, 4.69) is 131 Å². The van der Waals surface area contributed by atoms with Crippen molar-refractivity contribution in [2.75, 3.05) is 133 Å². The highest BCUT2D eigenvalue weighted by Crippen LogP contribution is 2.41. The van der Waals surface area contributed by atoms with Crippen molar-refractivity contribution in [3.05, 3.63) is 251 Å². The van der Waals surface area contributed by atoms with Crippen LogP contribution in [0.5, 0.6) is 34.5 Å². The molecule has 0 amide bonds. The van der Waals surface area contributed by atoms with Crippen molar-refractivity contribution in [1.82, 2.24) is 93.7 Å². The van der Waals surface area contributed by atoms with Gasteiger partial charge in [0, 0.05) is 219 Å². The largest absolute Gasteiger partial charge is 0.497 e. The third kappa shape index (κ3) is 24.5. The second-order valence-electron chi connectivity index (χ2n) is 32.9. The van der Waals surface area contributed by atoms with E-state index in [9.17, 15) is 12.8 Å². The Bertz CT molecular complexity index is 6910. The molecule has 33 nitrogen and oxygen atoms in total. The van der Waals surface area contributed by atoms with Crippen molar-refractivity contribution >= 4 is 99.5 Å². The molecule has 0 radical (unpaired) electrons. The molecule has 1 saturated heterocycles. The molecular formula is C101H113FN24O9S. The number of fused-ring (bicyclic) bond motifs is 4. The SMILES string of the molecule is C.COc1cc(OC)cc(N(CCCN)c2ccc3ncc(-c4cnn(CCS(C)(=O)=O)c4)nc3c2)c1.COc1cc(OC)cc(N(CCCN2CCC(F)C2)c2ccc3ncc(-c4cnn(C)c4)nc3c2)c1.COc1cc(OC)cc(N(CCn2cccn2)c2ccc3ncc(-c4cnn(C)c4)nc3c2)c1.OCCn1cc(-c2cnc3ccc(N(CC4CC4)c4ccccc4)cc3n2)cn1. The van der Waals surface area contributed by atoms with Gasteiger partial charge in [0.1, 0.15) is 50.5 Å². The average Bonchev–Trinajstić information content (AvgIpc) is 1.77. The van der Waals surface area contributed by atoms with Gasteiger partial charge in [0.2, 0.25) is 0 Å². The number of aliphatic hydroxyl groups is 1. The van der Waals surface area contributed by atoms with Crippen molar-refractivity contribution in [3.8, 4) is 79.5 Å². The summed E-state index contributed by atoms with van der Waals surface area (Å²) >= 11 is 0. The minimum Gasteiger partial charge on any atom is -0.497 e. The van der Waals surface area contributed by atoms with Gasteiger partial charge in [0.05, 0.1) is 191 Å². The Morgan fingerprint density at radius 1 is 0.412 bits per heavy atom. The molecule has 10 heterocycles. The van der Waals surface area contributed by atoms with Crippen LogP contribution in [0.2, 0.25) is 0 Å². The second kappa shape index (κ2) is 44.6. The maximum atomic E-state index is 13.7. The predicted octanol–water partition coefficient (Wildman–Crippen LogP) is 16.4. The number of aliphatic hydroxyl groups excluding tert-OH is 1. The molecule has 1 atom stereocenters. The number of aromatic nitrogens is 18. The topological polar surface area (TPSA) is 344 Å². The Labute approximate surface area is 789 Å². The van der Waals surface area contributed by atoms with E-state index >= 15 is 0 Å². The maximum Gasteiger partial charge on any atom is 0.149 e. The fraction of sp³-hybridized carbons (Fsp3) is 0.297. The molecule has 1 aliphatic carbocycles. The Hall–Kier alpha value is -15.1. The molecular weight excluding hydrogens is 1740 g/mol. The van der Waals surface area contributed by atoms with Crippen LogP contribution in [0.3, 0.4) is 0 Å². The lowest BCUT2D eigenvalue weighted by atomic mass is 10.1. The molecule has 136 heavy (non-hydrogen) atoms. The second-order valence-corrected chi connectivity index (χ2v) is 35.1. The molecule has 1 saturated carbocycles. The number of halogens is 1. The number of anilines is 8. The number of alkyl halides is 1. The molecule has 1 aliphatic heterocycles. The van der Waals surface area contributed by atoms with Gasteiger partial charge in [-0.3, -0.25) is 43.3 Å². The lowest BCUT2D eigenvalue weighted by molar-refractivity contribution is 0.269. The number of methoxy groups -OCH3 is 6. The van der Waals surface area contributed by atoms with Crippen LogP contribution in [0.4, 0.5) is 49.9 Å². The van der Waals surface area contributed by atoms with Crippen LogP contribution >= 0.6 is 0 Å². The Morgan fingerprint density at radius 3 is 1.17 bits per heavy atom. The standard InChI is InChI=1S/C27H31FN6O2.C25H25N7O2.C25H30N6O4S.C23H23N5O.CH4/c1-32-17-19(15-30-32)27-16-29-25-6-5-21(13-26(25)31-27)34(9-4-8-33-10-7-20(28)18-33)22-11-23(35-2)14-24(12-22)36-3;1-30-17-18(15-28-30)25-16-26-23-6-5-19(13-24(23)29-25)32(10-9-31-8-4-7-27-31)20-11-21(33-2)14-22(12-20)34-3;1-34-21-11-20(12-22(14-21)35-2)31(8-4-7-26)19-5-6-23-24(13-19)29-25(16-27-23)18-15-28-30(17-18)9-10-36(3,32)33;29-11-10-27-16-18(13-25-27)23-14-24-21-9-8-20(12-22(21)26-23)28(15-17-6-7-17)19-4-2-1-3-5-19;/h5-6,11-17,20H,4,7-10,18H2,1-3H3;4-8,11-17H,9-10H2,1-3H3;5-6,11-17H,4,7-10,26H2,1-3H3;1-5,8-9,12-14,16-17,29H,6-7,10-11,15H2;1H4. The number of hydrogen-bond acceptors (Lipinski definition) is 28. The number of ether oxygens (including phenoxy) is 6. The van der Waals surface area contributed by atoms with Crippen LogP contribution in [0.25, 0.3) is 89.2 Å². The molecule has 1 unspecified atom stereocenters. The van der Waals surface area contributed by atoms with Crippen LogP contribution in [-0.2, 0) is 43.6 Å². The molecule has 17 aromatic rings. The molecule has 9 aromatic heterocycles. The van der Waals surface area contributed by atoms with Crippen LogP contribution in [0, 0.1) is 5.92 Å². The monoisotopic (exact) mass is 1860 g/mol. The lowest BCUT2D eigenvalue weighted by Crippen LogP contribution is -2.27. The van der Waals surface area contributed by atoms with Crippen molar-refractivity contribution in [3.63, 3.8) is 0 Å². The first kappa shape index (κ1) is 95.5. The number of nitrogens with two attached hydrogens (primary N) is 1. The number of sulfone groups is 1. The lowest BCUT2D eigenvalue weighted by Gasteiger charge is -2.27. The van der Waals surface area contributed by atoms with Gasteiger partial charge >= 0.3 is 0 Å². The number of nitrogens with zero attached hydrogens (tertiary/aromatic N) is 23. The Morgan fingerprint density at radius 2 is 0.809 bits per heavy atom. The van der Waals surface area contributed by atoms with E-state index in [0.717, 1.165) is 180 Å². The molecule has 3 N–H and O–H groups in total. The van der Waals surface area contributed by atoms with Gasteiger partial charge in [-0.2, -0.15) is 25.5 Å². The summed E-state index contributed by atoms with van der Waals surface area (Å²) in [5.74, 6) is 5.04. The highest BCUT2D eigenvalue weighted by Gasteiger charge is 2.28. The van der Waals surface area contributed by atoms with Gasteiger partial charge in [-0.15, -0.1) is 0 Å². The zero-order valence-corrected chi connectivity index (χ0v) is 77.7. The number of benzene rings is 8. The van der Waals surface area contributed by atoms with E-state index in [1.54, 1.807) is 123 Å². The minimum absolute atomic E-state index is 0. The zero-order chi connectivity index (χ0) is 93.9. The van der Waals surface area contributed by atoms with E-state index < -0.39 is 16.0 Å². The maximum absolute atomic E-state index is 13.7. The summed E-state index contributed by atoms with van der Waals surface area (Å²) in [6.45, 7) is 7.39. The molecule has 0 spiro atoms. The van der Waals surface area contributed by atoms with Gasteiger partial charge in [0.25, 0.3) is 0 Å². The first-order chi connectivity index (χ1) is 65.7. The van der Waals surface area contributed by atoms with E-state index in [0.29, 0.717) is 74.4 Å². The Kier molecular flexibility index (Phi) is 31.4. The number of para-hydroxylation sites is 1. The fourth-order valence-corrected chi connectivity index (χ4v) is 16.4. The molecule has 35 heteroatoms. The summed E-state index contributed by atoms with van der Waals surface area (Å²) < 4.78 is 78.3. The summed E-state index contributed by atoms with van der Waals surface area (Å²) in [6.07, 6.45) is 30.7. The zero-order valence-electron chi connectivity index (χ0n) is 76.9. The van der Waals surface area contributed by atoms with Gasteiger partial charge in [-0.05, 0) is 142 Å². The predicted molar refractivity (Wildman–Crippen MR) is 531 cm³/mol. The number of rotatable bonds is 35. The van der Waals surface area contributed by atoms with E-state index in [1.165, 1.54) is 24.8 Å². The van der Waals surface area contributed by atoms with E-state index in [-0.39, 0.29) is 26.3 Å².